The van der Waals surface area contributed by atoms with Gasteiger partial charge < -0.3 is 19.0 Å². The zero-order chi connectivity index (χ0) is 18.2. The van der Waals surface area contributed by atoms with Crippen molar-refractivity contribution in [2.24, 2.45) is 0 Å². The minimum atomic E-state index is -0.546. The molecule has 2 atom stereocenters. The van der Waals surface area contributed by atoms with Gasteiger partial charge in [-0.15, -0.1) is 0 Å². The van der Waals surface area contributed by atoms with Crippen LogP contribution in [-0.4, -0.2) is 48.5 Å². The summed E-state index contributed by atoms with van der Waals surface area (Å²) in [7, 11) is 0. The van der Waals surface area contributed by atoms with Crippen LogP contribution in [0.15, 0.2) is 47.1 Å². The molecule has 2 aromatic rings. The van der Waals surface area contributed by atoms with Crippen LogP contribution in [0, 0.1) is 6.92 Å². The Hall–Kier alpha value is -1.66. The molecule has 0 radical (unpaired) electrons. The number of benzene rings is 1. The SMILES string of the molecule is Cc1ccccc1CN(C[C@@H](O)COCc1ccco1)C[C@H]1CCCO1. The summed E-state index contributed by atoms with van der Waals surface area (Å²) >= 11 is 0. The number of rotatable bonds is 10. The molecule has 1 fully saturated rings. The van der Waals surface area contributed by atoms with Gasteiger partial charge in [0.2, 0.25) is 0 Å². The molecule has 3 rings (SSSR count). The fourth-order valence-corrected chi connectivity index (χ4v) is 3.35. The standard InChI is InChI=1S/C21H29NO4/c1-17-6-2-3-7-18(17)12-22(14-20-8-4-10-25-20)13-19(23)15-24-16-21-9-5-11-26-21/h2-3,5-7,9,11,19-20,23H,4,8,10,12-16H2,1H3/t19-,20-/m1/s1. The van der Waals surface area contributed by atoms with Gasteiger partial charge in [-0.1, -0.05) is 24.3 Å². The maximum absolute atomic E-state index is 10.4. The lowest BCUT2D eigenvalue weighted by atomic mass is 10.1. The van der Waals surface area contributed by atoms with E-state index < -0.39 is 6.10 Å². The summed E-state index contributed by atoms with van der Waals surface area (Å²) in [6.07, 6.45) is 3.55. The second kappa shape index (κ2) is 9.88. The number of aliphatic hydroxyl groups excluding tert-OH is 1. The summed E-state index contributed by atoms with van der Waals surface area (Å²) in [6.45, 7) is 5.85. The minimum Gasteiger partial charge on any atom is -0.467 e. The van der Waals surface area contributed by atoms with Crippen LogP contribution in [0.2, 0.25) is 0 Å². The van der Waals surface area contributed by atoms with Crippen LogP contribution in [0.3, 0.4) is 0 Å². The molecular weight excluding hydrogens is 330 g/mol. The maximum Gasteiger partial charge on any atom is 0.129 e. The lowest BCUT2D eigenvalue weighted by Gasteiger charge is -2.28. The van der Waals surface area contributed by atoms with Gasteiger partial charge in [0.25, 0.3) is 0 Å². The number of hydrogen-bond acceptors (Lipinski definition) is 5. The van der Waals surface area contributed by atoms with Crippen LogP contribution in [0.5, 0.6) is 0 Å². The van der Waals surface area contributed by atoms with Gasteiger partial charge in [0.15, 0.2) is 0 Å². The highest BCUT2D eigenvalue weighted by atomic mass is 16.5. The molecule has 2 heterocycles. The predicted molar refractivity (Wildman–Crippen MR) is 99.8 cm³/mol. The molecule has 0 aliphatic carbocycles. The Morgan fingerprint density at radius 1 is 1.27 bits per heavy atom. The smallest absolute Gasteiger partial charge is 0.129 e. The van der Waals surface area contributed by atoms with E-state index in [1.807, 2.05) is 12.1 Å². The number of aryl methyl sites for hydroxylation is 1. The Bertz CT molecular complexity index is 637. The molecule has 1 saturated heterocycles. The maximum atomic E-state index is 10.4. The molecule has 0 saturated carbocycles. The van der Waals surface area contributed by atoms with Crippen molar-refractivity contribution in [1.82, 2.24) is 4.90 Å². The van der Waals surface area contributed by atoms with Crippen LogP contribution in [-0.2, 0) is 22.6 Å². The van der Waals surface area contributed by atoms with Crippen molar-refractivity contribution in [2.75, 3.05) is 26.3 Å². The lowest BCUT2D eigenvalue weighted by Crippen LogP contribution is -2.39. The fraction of sp³-hybridized carbons (Fsp3) is 0.524. The molecule has 1 N–H and O–H groups in total. The summed E-state index contributed by atoms with van der Waals surface area (Å²) in [6, 6.07) is 12.1. The van der Waals surface area contributed by atoms with Crippen LogP contribution in [0.25, 0.3) is 0 Å². The topological polar surface area (TPSA) is 55.1 Å². The van der Waals surface area contributed by atoms with E-state index in [2.05, 4.69) is 36.1 Å². The van der Waals surface area contributed by atoms with Gasteiger partial charge in [0.1, 0.15) is 12.4 Å². The second-order valence-corrected chi connectivity index (χ2v) is 7.00. The summed E-state index contributed by atoms with van der Waals surface area (Å²) in [5.74, 6) is 0.772. The van der Waals surface area contributed by atoms with E-state index in [1.165, 1.54) is 11.1 Å². The molecule has 0 bridgehead atoms. The molecule has 5 heteroatoms. The second-order valence-electron chi connectivity index (χ2n) is 7.00. The molecule has 0 unspecified atom stereocenters. The van der Waals surface area contributed by atoms with Crippen molar-refractivity contribution < 1.29 is 19.0 Å². The largest absolute Gasteiger partial charge is 0.467 e. The van der Waals surface area contributed by atoms with E-state index in [0.717, 1.165) is 38.3 Å². The average Bonchev–Trinajstić information content (AvgIpc) is 3.31. The van der Waals surface area contributed by atoms with Crippen molar-refractivity contribution in [3.05, 3.63) is 59.5 Å². The Balaban J connectivity index is 1.52. The van der Waals surface area contributed by atoms with Crippen molar-refractivity contribution in [2.45, 2.75) is 45.1 Å². The lowest BCUT2D eigenvalue weighted by molar-refractivity contribution is -0.00639. The van der Waals surface area contributed by atoms with Crippen LogP contribution in [0.4, 0.5) is 0 Å². The highest BCUT2D eigenvalue weighted by molar-refractivity contribution is 5.25. The first-order valence-electron chi connectivity index (χ1n) is 9.37. The molecule has 1 aromatic heterocycles. The Kier molecular flexibility index (Phi) is 7.26. The molecule has 1 aromatic carbocycles. The molecule has 1 aliphatic rings. The first-order chi connectivity index (χ1) is 12.7. The Labute approximate surface area is 155 Å². The summed E-state index contributed by atoms with van der Waals surface area (Å²) in [4.78, 5) is 2.28. The van der Waals surface area contributed by atoms with E-state index >= 15 is 0 Å². The normalized spacial score (nSPS) is 18.5. The van der Waals surface area contributed by atoms with Gasteiger partial charge in [-0.3, -0.25) is 4.90 Å². The third-order valence-corrected chi connectivity index (χ3v) is 4.74. The van der Waals surface area contributed by atoms with E-state index in [1.54, 1.807) is 6.26 Å². The fourth-order valence-electron chi connectivity index (χ4n) is 3.35. The van der Waals surface area contributed by atoms with Gasteiger partial charge >= 0.3 is 0 Å². The third kappa shape index (κ3) is 5.95. The van der Waals surface area contributed by atoms with E-state index in [4.69, 9.17) is 13.9 Å². The highest BCUT2D eigenvalue weighted by Crippen LogP contribution is 2.17. The number of furan rings is 1. The zero-order valence-electron chi connectivity index (χ0n) is 15.5. The first-order valence-corrected chi connectivity index (χ1v) is 9.37. The van der Waals surface area contributed by atoms with Crippen molar-refractivity contribution in [3.8, 4) is 0 Å². The van der Waals surface area contributed by atoms with E-state index in [9.17, 15) is 5.11 Å². The quantitative estimate of drug-likeness (QED) is 0.706. The highest BCUT2D eigenvalue weighted by Gasteiger charge is 2.21. The molecule has 26 heavy (non-hydrogen) atoms. The minimum absolute atomic E-state index is 0.259. The molecule has 142 valence electrons. The monoisotopic (exact) mass is 359 g/mol. The Morgan fingerprint density at radius 3 is 2.88 bits per heavy atom. The average molecular weight is 359 g/mol. The number of aliphatic hydroxyl groups is 1. The number of hydrogen-bond donors (Lipinski definition) is 1. The first kappa shape index (κ1) is 19.1. The van der Waals surface area contributed by atoms with Crippen molar-refractivity contribution >= 4 is 0 Å². The summed E-state index contributed by atoms with van der Waals surface area (Å²) < 4.78 is 16.6. The molecule has 0 amide bonds. The van der Waals surface area contributed by atoms with Crippen molar-refractivity contribution in [3.63, 3.8) is 0 Å². The van der Waals surface area contributed by atoms with Crippen LogP contribution in [0.1, 0.15) is 29.7 Å². The van der Waals surface area contributed by atoms with Gasteiger partial charge in [0, 0.05) is 26.2 Å². The van der Waals surface area contributed by atoms with Crippen molar-refractivity contribution in [1.29, 1.82) is 0 Å². The third-order valence-electron chi connectivity index (χ3n) is 4.74. The van der Waals surface area contributed by atoms with Gasteiger partial charge in [0.05, 0.1) is 25.1 Å². The van der Waals surface area contributed by atoms with Gasteiger partial charge in [-0.05, 0) is 43.0 Å². The molecule has 1 aliphatic heterocycles. The predicted octanol–water partition coefficient (Wildman–Crippen LogP) is 3.15. The van der Waals surface area contributed by atoms with Crippen LogP contribution >= 0.6 is 0 Å². The molecular formula is C21H29NO4. The molecule has 0 spiro atoms. The zero-order valence-corrected chi connectivity index (χ0v) is 15.5. The van der Waals surface area contributed by atoms with Gasteiger partial charge in [-0.25, -0.2) is 0 Å². The Morgan fingerprint density at radius 2 is 2.15 bits per heavy atom. The summed E-state index contributed by atoms with van der Waals surface area (Å²) in [5.41, 5.74) is 2.56. The summed E-state index contributed by atoms with van der Waals surface area (Å²) in [5, 5.41) is 10.4. The molecule has 5 nitrogen and oxygen atoms in total. The number of ether oxygens (including phenoxy) is 2. The number of nitrogens with zero attached hydrogens (tertiary/aromatic N) is 1. The van der Waals surface area contributed by atoms with E-state index in [-0.39, 0.29) is 12.7 Å². The van der Waals surface area contributed by atoms with Gasteiger partial charge in [-0.2, -0.15) is 0 Å². The van der Waals surface area contributed by atoms with Crippen LogP contribution < -0.4 is 0 Å². The van der Waals surface area contributed by atoms with E-state index in [0.29, 0.717) is 13.2 Å².